The topological polar surface area (TPSA) is 90.4 Å². The Bertz CT molecular complexity index is 1280. The van der Waals surface area contributed by atoms with E-state index in [1.807, 2.05) is 60.7 Å². The van der Waals surface area contributed by atoms with Gasteiger partial charge in [0.1, 0.15) is 11.6 Å². The quantitative estimate of drug-likeness (QED) is 0.277. The van der Waals surface area contributed by atoms with Crippen LogP contribution in [-0.2, 0) is 32.2 Å². The Balaban J connectivity index is 1.48. The molecule has 3 aliphatic rings. The lowest BCUT2D eigenvalue weighted by atomic mass is 9.70. The molecule has 1 spiro atoms. The third-order valence-corrected chi connectivity index (χ3v) is 8.88. The third-order valence-electron chi connectivity index (χ3n) is 8.88. The molecule has 42 heavy (non-hydrogen) atoms. The van der Waals surface area contributed by atoms with Gasteiger partial charge in [-0.25, -0.2) is 0 Å². The molecule has 1 N–H and O–H groups in total. The van der Waals surface area contributed by atoms with Crippen molar-refractivity contribution in [1.29, 1.82) is 0 Å². The van der Waals surface area contributed by atoms with Crippen molar-refractivity contribution in [1.82, 2.24) is 14.7 Å². The van der Waals surface area contributed by atoms with Crippen LogP contribution in [0.2, 0.25) is 0 Å². The standard InChI is InChI=1S/C34H41N3O5/c1-3-19-35(23-25-13-7-5-8-14-25)31(39)28-27-17-18-34(42-27)29(28)32(40)37(21-11-12-22-38)30(34)33(41)36(20-4-2)24-26-15-9-6-10-16-26/h3-10,13-16,27-30,38H,1-2,11-12,17-24H2/t27-,28+,29-,30?,34?/m0/s1. The van der Waals surface area contributed by atoms with Gasteiger partial charge in [0.05, 0.1) is 17.9 Å². The molecular formula is C34H41N3O5. The molecule has 0 radical (unpaired) electrons. The third kappa shape index (κ3) is 5.53. The van der Waals surface area contributed by atoms with Crippen LogP contribution in [0.1, 0.15) is 36.8 Å². The lowest BCUT2D eigenvalue weighted by molar-refractivity contribution is -0.149. The number of carbonyl (C=O) groups is 3. The van der Waals surface area contributed by atoms with Crippen LogP contribution in [0.4, 0.5) is 0 Å². The lowest BCUT2D eigenvalue weighted by Gasteiger charge is -2.37. The number of aliphatic hydroxyl groups excluding tert-OH is 1. The average Bonchev–Trinajstić information content (AvgIpc) is 3.65. The summed E-state index contributed by atoms with van der Waals surface area (Å²) in [5.74, 6) is -1.95. The molecule has 2 bridgehead atoms. The first kappa shape index (κ1) is 29.7. The molecule has 0 saturated carbocycles. The van der Waals surface area contributed by atoms with Gasteiger partial charge in [0.25, 0.3) is 0 Å². The zero-order chi connectivity index (χ0) is 29.7. The molecule has 8 heteroatoms. The van der Waals surface area contributed by atoms with Crippen LogP contribution in [0.25, 0.3) is 0 Å². The summed E-state index contributed by atoms with van der Waals surface area (Å²) >= 11 is 0. The zero-order valence-corrected chi connectivity index (χ0v) is 24.1. The normalized spacial score (nSPS) is 25.7. The van der Waals surface area contributed by atoms with Crippen molar-refractivity contribution >= 4 is 17.7 Å². The molecule has 3 aliphatic heterocycles. The number of ether oxygens (including phenoxy) is 1. The Morgan fingerprint density at radius 3 is 2.05 bits per heavy atom. The van der Waals surface area contributed by atoms with Crippen LogP contribution in [0.15, 0.2) is 86.0 Å². The van der Waals surface area contributed by atoms with E-state index in [4.69, 9.17) is 4.74 Å². The summed E-state index contributed by atoms with van der Waals surface area (Å²) in [6.07, 6.45) is 5.18. The van der Waals surface area contributed by atoms with E-state index in [1.165, 1.54) is 0 Å². The number of hydrogen-bond acceptors (Lipinski definition) is 5. The highest BCUT2D eigenvalue weighted by Crippen LogP contribution is 2.59. The van der Waals surface area contributed by atoms with Gasteiger partial charge >= 0.3 is 0 Å². The molecule has 2 unspecified atom stereocenters. The van der Waals surface area contributed by atoms with Crippen molar-refractivity contribution in [2.45, 2.75) is 56.5 Å². The molecule has 5 atom stereocenters. The summed E-state index contributed by atoms with van der Waals surface area (Å²) in [7, 11) is 0. The summed E-state index contributed by atoms with van der Waals surface area (Å²) in [6.45, 7) is 9.49. The summed E-state index contributed by atoms with van der Waals surface area (Å²) in [6, 6.07) is 18.6. The summed E-state index contributed by atoms with van der Waals surface area (Å²) in [4.78, 5) is 48.1. The molecule has 2 aromatic carbocycles. The lowest BCUT2D eigenvalue weighted by Crippen LogP contribution is -2.56. The van der Waals surface area contributed by atoms with Crippen LogP contribution in [0.5, 0.6) is 0 Å². The highest BCUT2D eigenvalue weighted by molar-refractivity contribution is 5.99. The van der Waals surface area contributed by atoms with Crippen molar-refractivity contribution in [3.05, 3.63) is 97.1 Å². The number of rotatable bonds is 14. The number of unbranched alkanes of at least 4 members (excludes halogenated alkanes) is 1. The van der Waals surface area contributed by atoms with Crippen molar-refractivity contribution in [3.8, 4) is 0 Å². The van der Waals surface area contributed by atoms with Gasteiger partial charge in [-0.15, -0.1) is 13.2 Å². The fourth-order valence-corrected chi connectivity index (χ4v) is 7.12. The summed E-state index contributed by atoms with van der Waals surface area (Å²) in [5.41, 5.74) is 0.897. The smallest absolute Gasteiger partial charge is 0.248 e. The van der Waals surface area contributed by atoms with Crippen LogP contribution >= 0.6 is 0 Å². The van der Waals surface area contributed by atoms with Crippen molar-refractivity contribution in [3.63, 3.8) is 0 Å². The van der Waals surface area contributed by atoms with Crippen molar-refractivity contribution in [2.75, 3.05) is 26.2 Å². The average molecular weight is 572 g/mol. The molecule has 2 aromatic rings. The number of fused-ring (bicyclic) bond motifs is 1. The number of aliphatic hydroxyl groups is 1. The first-order valence-electron chi connectivity index (χ1n) is 14.9. The Hall–Kier alpha value is -3.75. The Morgan fingerprint density at radius 1 is 0.929 bits per heavy atom. The molecule has 0 aliphatic carbocycles. The molecule has 3 fully saturated rings. The van der Waals surface area contributed by atoms with Gasteiger partial charge in [0.15, 0.2) is 0 Å². The van der Waals surface area contributed by atoms with Crippen molar-refractivity contribution in [2.24, 2.45) is 11.8 Å². The second-order valence-corrected chi connectivity index (χ2v) is 11.5. The highest BCUT2D eigenvalue weighted by atomic mass is 16.5. The van der Waals surface area contributed by atoms with Gasteiger partial charge in [-0.05, 0) is 36.8 Å². The zero-order valence-electron chi connectivity index (χ0n) is 24.1. The number of carbonyl (C=O) groups excluding carboxylic acids is 3. The highest BCUT2D eigenvalue weighted by Gasteiger charge is 2.74. The predicted octanol–water partition coefficient (Wildman–Crippen LogP) is 3.56. The minimum atomic E-state index is -1.07. The maximum absolute atomic E-state index is 14.5. The fraction of sp³-hybridized carbons (Fsp3) is 0.441. The van der Waals surface area contributed by atoms with E-state index < -0.39 is 29.6 Å². The molecule has 8 nitrogen and oxygen atoms in total. The Labute approximate surface area is 248 Å². The minimum absolute atomic E-state index is 0.00148. The van der Waals surface area contributed by atoms with E-state index in [2.05, 4.69) is 13.2 Å². The minimum Gasteiger partial charge on any atom is -0.396 e. The molecule has 0 aromatic heterocycles. The molecule has 3 saturated heterocycles. The fourth-order valence-electron chi connectivity index (χ4n) is 7.12. The number of benzene rings is 2. The summed E-state index contributed by atoms with van der Waals surface area (Å²) in [5, 5.41) is 9.44. The van der Waals surface area contributed by atoms with E-state index in [0.29, 0.717) is 58.4 Å². The van der Waals surface area contributed by atoms with Crippen LogP contribution in [0, 0.1) is 11.8 Å². The molecule has 5 rings (SSSR count). The van der Waals surface area contributed by atoms with Crippen LogP contribution in [0.3, 0.4) is 0 Å². The Morgan fingerprint density at radius 2 is 1.50 bits per heavy atom. The maximum Gasteiger partial charge on any atom is 0.248 e. The Kier molecular flexibility index (Phi) is 9.24. The molecule has 222 valence electrons. The predicted molar refractivity (Wildman–Crippen MR) is 160 cm³/mol. The largest absolute Gasteiger partial charge is 0.396 e. The maximum atomic E-state index is 14.5. The van der Waals surface area contributed by atoms with E-state index >= 15 is 0 Å². The first-order chi connectivity index (χ1) is 20.4. The van der Waals surface area contributed by atoms with E-state index in [9.17, 15) is 19.5 Å². The number of amides is 3. The van der Waals surface area contributed by atoms with Gasteiger partial charge < -0.3 is 24.5 Å². The van der Waals surface area contributed by atoms with Gasteiger partial charge in [-0.1, -0.05) is 72.8 Å². The monoisotopic (exact) mass is 571 g/mol. The summed E-state index contributed by atoms with van der Waals surface area (Å²) < 4.78 is 6.66. The number of likely N-dealkylation sites (tertiary alicyclic amines) is 1. The molecule has 3 heterocycles. The van der Waals surface area contributed by atoms with E-state index in [-0.39, 0.29) is 24.3 Å². The molecular weight excluding hydrogens is 530 g/mol. The van der Waals surface area contributed by atoms with E-state index in [0.717, 1.165) is 11.1 Å². The number of nitrogens with zero attached hydrogens (tertiary/aromatic N) is 3. The van der Waals surface area contributed by atoms with Gasteiger partial charge in [0.2, 0.25) is 17.7 Å². The van der Waals surface area contributed by atoms with Crippen LogP contribution < -0.4 is 0 Å². The van der Waals surface area contributed by atoms with Crippen molar-refractivity contribution < 1.29 is 24.2 Å². The van der Waals surface area contributed by atoms with Gasteiger partial charge in [0, 0.05) is 39.3 Å². The van der Waals surface area contributed by atoms with E-state index in [1.54, 1.807) is 26.9 Å². The van der Waals surface area contributed by atoms with Gasteiger partial charge in [-0.3, -0.25) is 14.4 Å². The second kappa shape index (κ2) is 13.0. The second-order valence-electron chi connectivity index (χ2n) is 11.5. The number of hydrogen-bond donors (Lipinski definition) is 1. The van der Waals surface area contributed by atoms with Gasteiger partial charge in [-0.2, -0.15) is 0 Å². The van der Waals surface area contributed by atoms with Crippen LogP contribution in [-0.4, -0.2) is 81.5 Å². The molecule has 3 amide bonds. The first-order valence-corrected chi connectivity index (χ1v) is 14.9. The SMILES string of the molecule is C=CCN(Cc1ccccc1)C(=O)C1N(CCCCO)C(=O)[C@@H]2[C@H](C(=O)N(CC=C)Cc3ccccc3)[C@@H]3CCC12O3.